The van der Waals surface area contributed by atoms with Gasteiger partial charge in [0.05, 0.1) is 5.92 Å². The largest absolute Gasteiger partial charge is 0.481 e. The second kappa shape index (κ2) is 6.13. The molecular weight excluding hydrogens is 244 g/mol. The number of pyridine rings is 1. The molecule has 0 saturated carbocycles. The average molecular weight is 260 g/mol. The van der Waals surface area contributed by atoms with Crippen molar-refractivity contribution < 1.29 is 14.7 Å². The van der Waals surface area contributed by atoms with E-state index < -0.39 is 11.9 Å². The second-order valence-corrected chi connectivity index (χ2v) is 4.58. The average Bonchev–Trinajstić information content (AvgIpc) is 2.46. The van der Waals surface area contributed by atoms with Crippen LogP contribution in [-0.4, -0.2) is 40.0 Å². The van der Waals surface area contributed by atoms with Crippen LogP contribution in [0.1, 0.15) is 18.4 Å². The maximum atomic E-state index is 12.0. The van der Waals surface area contributed by atoms with Gasteiger partial charge in [-0.15, -0.1) is 0 Å². The lowest BCUT2D eigenvalue weighted by Crippen LogP contribution is -2.41. The summed E-state index contributed by atoms with van der Waals surface area (Å²) >= 11 is 0. The third-order valence-electron chi connectivity index (χ3n) is 3.19. The van der Waals surface area contributed by atoms with Gasteiger partial charge in [-0.2, -0.15) is 0 Å². The third kappa shape index (κ3) is 3.64. The molecule has 5 nitrogen and oxygen atoms in total. The lowest BCUT2D eigenvalue weighted by molar-refractivity contribution is -0.144. The van der Waals surface area contributed by atoms with E-state index in [-0.39, 0.29) is 5.91 Å². The van der Waals surface area contributed by atoms with E-state index in [2.05, 4.69) is 4.98 Å². The van der Waals surface area contributed by atoms with E-state index in [0.29, 0.717) is 19.5 Å². The standard InChI is InChI=1S/C14H16N2O3/c17-13(6-5-11-3-1-7-15-9-11)16-8-2-4-12(10-16)14(18)19/h1,3,5-7,9,12H,2,4,8,10H2,(H,18,19)/b6-5+. The number of hydrogen-bond donors (Lipinski definition) is 1. The molecule has 1 fully saturated rings. The fourth-order valence-electron chi connectivity index (χ4n) is 2.13. The number of carboxylic acids is 1. The summed E-state index contributed by atoms with van der Waals surface area (Å²) in [4.78, 5) is 28.5. The Bertz CT molecular complexity index is 485. The number of likely N-dealkylation sites (tertiary alicyclic amines) is 1. The van der Waals surface area contributed by atoms with Crippen LogP contribution in [0, 0.1) is 5.92 Å². The summed E-state index contributed by atoms with van der Waals surface area (Å²) in [5.74, 6) is -1.41. The highest BCUT2D eigenvalue weighted by Gasteiger charge is 2.26. The van der Waals surface area contributed by atoms with E-state index in [4.69, 9.17) is 5.11 Å². The first kappa shape index (κ1) is 13.3. The zero-order valence-electron chi connectivity index (χ0n) is 10.5. The predicted molar refractivity (Wildman–Crippen MR) is 70.2 cm³/mol. The molecule has 1 aromatic rings. The Labute approximate surface area is 111 Å². The number of nitrogens with zero attached hydrogens (tertiary/aromatic N) is 2. The molecular formula is C14H16N2O3. The van der Waals surface area contributed by atoms with E-state index in [0.717, 1.165) is 12.0 Å². The summed E-state index contributed by atoms with van der Waals surface area (Å²) < 4.78 is 0. The lowest BCUT2D eigenvalue weighted by atomic mass is 9.98. The number of aliphatic carboxylic acids is 1. The van der Waals surface area contributed by atoms with E-state index in [1.165, 1.54) is 6.08 Å². The molecule has 0 spiro atoms. The molecule has 1 amide bonds. The molecule has 2 heterocycles. The van der Waals surface area contributed by atoms with Gasteiger partial charge in [-0.05, 0) is 30.5 Å². The van der Waals surface area contributed by atoms with Crippen molar-refractivity contribution in [2.75, 3.05) is 13.1 Å². The van der Waals surface area contributed by atoms with Crippen LogP contribution in [0.5, 0.6) is 0 Å². The minimum Gasteiger partial charge on any atom is -0.481 e. The predicted octanol–water partition coefficient (Wildman–Crippen LogP) is 1.42. The summed E-state index contributed by atoms with van der Waals surface area (Å²) in [7, 11) is 0. The Morgan fingerprint density at radius 1 is 1.47 bits per heavy atom. The van der Waals surface area contributed by atoms with Crippen molar-refractivity contribution in [3.63, 3.8) is 0 Å². The fraction of sp³-hybridized carbons (Fsp3) is 0.357. The van der Waals surface area contributed by atoms with Crippen LogP contribution >= 0.6 is 0 Å². The molecule has 0 aliphatic carbocycles. The molecule has 1 unspecified atom stereocenters. The number of aromatic nitrogens is 1. The van der Waals surface area contributed by atoms with E-state index in [9.17, 15) is 9.59 Å². The maximum Gasteiger partial charge on any atom is 0.308 e. The molecule has 5 heteroatoms. The van der Waals surface area contributed by atoms with Gasteiger partial charge in [0.15, 0.2) is 0 Å². The van der Waals surface area contributed by atoms with Crippen molar-refractivity contribution >= 4 is 18.0 Å². The molecule has 0 aromatic carbocycles. The Morgan fingerprint density at radius 2 is 2.32 bits per heavy atom. The summed E-state index contributed by atoms with van der Waals surface area (Å²) in [5.41, 5.74) is 0.850. The lowest BCUT2D eigenvalue weighted by Gasteiger charge is -2.29. The molecule has 1 saturated heterocycles. The van der Waals surface area contributed by atoms with Crippen molar-refractivity contribution in [3.8, 4) is 0 Å². The second-order valence-electron chi connectivity index (χ2n) is 4.58. The van der Waals surface area contributed by atoms with Gasteiger partial charge in [0.25, 0.3) is 0 Å². The molecule has 1 aromatic heterocycles. The first-order valence-corrected chi connectivity index (χ1v) is 6.26. The first-order chi connectivity index (χ1) is 9.16. The SMILES string of the molecule is O=C(O)C1CCCN(C(=O)/C=C/c2cccnc2)C1. The van der Waals surface area contributed by atoms with Crippen molar-refractivity contribution in [2.24, 2.45) is 5.92 Å². The van der Waals surface area contributed by atoms with Gasteiger partial charge in [-0.3, -0.25) is 14.6 Å². The van der Waals surface area contributed by atoms with Gasteiger partial charge in [-0.1, -0.05) is 6.07 Å². The third-order valence-corrected chi connectivity index (χ3v) is 3.19. The monoisotopic (exact) mass is 260 g/mol. The maximum absolute atomic E-state index is 12.0. The quantitative estimate of drug-likeness (QED) is 0.834. The Kier molecular flexibility index (Phi) is 4.28. The molecule has 100 valence electrons. The minimum atomic E-state index is -0.825. The zero-order chi connectivity index (χ0) is 13.7. The number of amides is 1. The summed E-state index contributed by atoms with van der Waals surface area (Å²) in [5, 5.41) is 8.98. The summed E-state index contributed by atoms with van der Waals surface area (Å²) in [6.45, 7) is 0.922. The van der Waals surface area contributed by atoms with E-state index in [1.807, 2.05) is 6.07 Å². The minimum absolute atomic E-state index is 0.144. The Hall–Kier alpha value is -2.17. The number of rotatable bonds is 3. The van der Waals surface area contributed by atoms with Crippen LogP contribution in [0.2, 0.25) is 0 Å². The topological polar surface area (TPSA) is 70.5 Å². The van der Waals surface area contributed by atoms with E-state index >= 15 is 0 Å². The number of piperidine rings is 1. The van der Waals surface area contributed by atoms with E-state index in [1.54, 1.807) is 29.4 Å². The number of carboxylic acid groups (broad SMARTS) is 1. The van der Waals surface area contributed by atoms with Crippen LogP contribution in [-0.2, 0) is 9.59 Å². The van der Waals surface area contributed by atoms with Gasteiger partial charge in [-0.25, -0.2) is 0 Å². The van der Waals surface area contributed by atoms with Gasteiger partial charge < -0.3 is 10.0 Å². The molecule has 1 aliphatic rings. The molecule has 1 N–H and O–H groups in total. The van der Waals surface area contributed by atoms with Crippen molar-refractivity contribution in [2.45, 2.75) is 12.8 Å². The van der Waals surface area contributed by atoms with Crippen LogP contribution in [0.4, 0.5) is 0 Å². The Balaban J connectivity index is 1.96. The molecule has 1 aliphatic heterocycles. The number of carbonyl (C=O) groups is 2. The molecule has 19 heavy (non-hydrogen) atoms. The zero-order valence-corrected chi connectivity index (χ0v) is 10.5. The van der Waals surface area contributed by atoms with Gasteiger partial charge in [0.1, 0.15) is 0 Å². The van der Waals surface area contributed by atoms with Crippen LogP contribution in [0.25, 0.3) is 6.08 Å². The molecule has 0 bridgehead atoms. The van der Waals surface area contributed by atoms with Gasteiger partial charge in [0.2, 0.25) is 5.91 Å². The summed E-state index contributed by atoms with van der Waals surface area (Å²) in [6, 6.07) is 3.65. The molecule has 0 radical (unpaired) electrons. The van der Waals surface area contributed by atoms with Gasteiger partial charge in [0, 0.05) is 31.6 Å². The normalized spacial score (nSPS) is 19.6. The van der Waals surface area contributed by atoms with Crippen LogP contribution in [0.3, 0.4) is 0 Å². The van der Waals surface area contributed by atoms with Gasteiger partial charge >= 0.3 is 5.97 Å². The highest BCUT2D eigenvalue weighted by Crippen LogP contribution is 2.17. The molecule has 2 rings (SSSR count). The number of hydrogen-bond acceptors (Lipinski definition) is 3. The highest BCUT2D eigenvalue weighted by molar-refractivity contribution is 5.92. The van der Waals surface area contributed by atoms with Crippen molar-refractivity contribution in [1.29, 1.82) is 0 Å². The van der Waals surface area contributed by atoms with Crippen LogP contribution in [0.15, 0.2) is 30.6 Å². The Morgan fingerprint density at radius 3 is 3.00 bits per heavy atom. The van der Waals surface area contributed by atoms with Crippen LogP contribution < -0.4 is 0 Å². The fourth-order valence-corrected chi connectivity index (χ4v) is 2.13. The molecule has 1 atom stereocenters. The number of carbonyl (C=O) groups excluding carboxylic acids is 1. The first-order valence-electron chi connectivity index (χ1n) is 6.26. The summed E-state index contributed by atoms with van der Waals surface area (Å²) in [6.07, 6.45) is 7.89. The van der Waals surface area contributed by atoms with Crippen molar-refractivity contribution in [3.05, 3.63) is 36.2 Å². The highest BCUT2D eigenvalue weighted by atomic mass is 16.4. The van der Waals surface area contributed by atoms with Crippen molar-refractivity contribution in [1.82, 2.24) is 9.88 Å². The smallest absolute Gasteiger partial charge is 0.308 e.